The van der Waals surface area contributed by atoms with E-state index in [-0.39, 0.29) is 11.4 Å². The number of pyridine rings is 1. The van der Waals surface area contributed by atoms with Crippen LogP contribution in [0.1, 0.15) is 20.7 Å². The molecule has 0 fully saturated rings. The van der Waals surface area contributed by atoms with E-state index in [9.17, 15) is 18.4 Å². The minimum atomic E-state index is -1.10. The molecule has 3 aromatic rings. The lowest BCUT2D eigenvalue weighted by molar-refractivity contribution is 0.0600. The summed E-state index contributed by atoms with van der Waals surface area (Å²) < 4.78 is 31.9. The van der Waals surface area contributed by atoms with Gasteiger partial charge in [0.05, 0.1) is 48.2 Å². The number of carbonyl (C=O) groups excluding carboxylic acids is 2. The number of hydrogen-bond acceptors (Lipinski definition) is 6. The molecule has 7 nitrogen and oxygen atoms in total. The highest BCUT2D eigenvalue weighted by Crippen LogP contribution is 2.27. The van der Waals surface area contributed by atoms with Gasteiger partial charge < -0.3 is 10.1 Å². The van der Waals surface area contributed by atoms with Crippen LogP contribution in [0.5, 0.6) is 0 Å². The minimum absolute atomic E-state index is 0.0374. The Morgan fingerprint density at radius 1 is 1.07 bits per heavy atom. The molecule has 0 aliphatic carbocycles. The molecule has 0 saturated heterocycles. The highest BCUT2D eigenvalue weighted by Gasteiger charge is 2.18. The summed E-state index contributed by atoms with van der Waals surface area (Å²) in [5.74, 6) is -3.83. The third kappa shape index (κ3) is 3.94. The second kappa shape index (κ2) is 8.05. The van der Waals surface area contributed by atoms with Crippen molar-refractivity contribution in [3.63, 3.8) is 0 Å². The first-order chi connectivity index (χ1) is 13.4. The van der Waals surface area contributed by atoms with Gasteiger partial charge in [-0.15, -0.1) is 0 Å². The van der Waals surface area contributed by atoms with Gasteiger partial charge in [-0.3, -0.25) is 14.8 Å². The minimum Gasteiger partial charge on any atom is -0.465 e. The average molecular weight is 405 g/mol. The topological polar surface area (TPSA) is 94.1 Å². The molecule has 1 aromatic carbocycles. The van der Waals surface area contributed by atoms with Crippen molar-refractivity contribution in [2.75, 3.05) is 12.4 Å². The van der Waals surface area contributed by atoms with Crippen molar-refractivity contribution in [2.45, 2.75) is 0 Å². The first-order valence-electron chi connectivity index (χ1n) is 7.71. The van der Waals surface area contributed by atoms with Gasteiger partial charge in [0, 0.05) is 5.56 Å². The SMILES string of the molecule is COC(=O)c1ccc(Cl)c(-c2cnc(NC(=O)c3c(F)cncc3F)cn2)c1. The molecule has 0 aliphatic rings. The molecule has 2 aromatic heterocycles. The highest BCUT2D eigenvalue weighted by atomic mass is 35.5. The molecule has 0 atom stereocenters. The van der Waals surface area contributed by atoms with E-state index in [4.69, 9.17) is 11.6 Å². The first-order valence-corrected chi connectivity index (χ1v) is 8.09. The van der Waals surface area contributed by atoms with Crippen LogP contribution in [-0.2, 0) is 4.74 Å². The van der Waals surface area contributed by atoms with E-state index < -0.39 is 29.1 Å². The molecule has 0 saturated carbocycles. The van der Waals surface area contributed by atoms with E-state index in [0.29, 0.717) is 16.3 Å². The van der Waals surface area contributed by atoms with Crippen molar-refractivity contribution in [1.82, 2.24) is 15.0 Å². The summed E-state index contributed by atoms with van der Waals surface area (Å²) in [4.78, 5) is 35.1. The fraction of sp³-hybridized carbons (Fsp3) is 0.0556. The fourth-order valence-corrected chi connectivity index (χ4v) is 2.52. The Bertz CT molecular complexity index is 1040. The molecule has 142 valence electrons. The molecular formula is C18H11ClF2N4O3. The van der Waals surface area contributed by atoms with Crippen LogP contribution in [0, 0.1) is 11.6 Å². The van der Waals surface area contributed by atoms with Crippen molar-refractivity contribution in [3.8, 4) is 11.3 Å². The molecular weight excluding hydrogens is 394 g/mol. The number of anilines is 1. The Morgan fingerprint density at radius 2 is 1.79 bits per heavy atom. The van der Waals surface area contributed by atoms with Gasteiger partial charge in [0.25, 0.3) is 5.91 Å². The van der Waals surface area contributed by atoms with Crippen LogP contribution in [0.4, 0.5) is 14.6 Å². The maximum Gasteiger partial charge on any atom is 0.337 e. The number of amides is 1. The molecule has 0 aliphatic heterocycles. The number of benzene rings is 1. The van der Waals surface area contributed by atoms with Crippen molar-refractivity contribution in [2.24, 2.45) is 0 Å². The predicted molar refractivity (Wildman–Crippen MR) is 95.9 cm³/mol. The summed E-state index contributed by atoms with van der Waals surface area (Å²) in [5, 5.41) is 2.56. The quantitative estimate of drug-likeness (QED) is 0.669. The van der Waals surface area contributed by atoms with E-state index >= 15 is 0 Å². The van der Waals surface area contributed by atoms with E-state index in [1.54, 1.807) is 0 Å². The third-order valence-corrected chi connectivity index (χ3v) is 3.97. The molecule has 28 heavy (non-hydrogen) atoms. The fourth-order valence-electron chi connectivity index (χ4n) is 2.31. The smallest absolute Gasteiger partial charge is 0.337 e. The summed E-state index contributed by atoms with van der Waals surface area (Å²) in [5.41, 5.74) is 0.218. The molecule has 10 heteroatoms. The Kier molecular flexibility index (Phi) is 5.55. The molecule has 0 radical (unpaired) electrons. The monoisotopic (exact) mass is 404 g/mol. The van der Waals surface area contributed by atoms with E-state index in [0.717, 1.165) is 12.4 Å². The summed E-state index contributed by atoms with van der Waals surface area (Å²) in [6, 6.07) is 4.49. The lowest BCUT2D eigenvalue weighted by Gasteiger charge is -2.08. The van der Waals surface area contributed by atoms with Crippen molar-refractivity contribution >= 4 is 29.3 Å². The lowest BCUT2D eigenvalue weighted by Crippen LogP contribution is -2.17. The van der Waals surface area contributed by atoms with Gasteiger partial charge in [0.2, 0.25) is 0 Å². The normalized spacial score (nSPS) is 10.4. The molecule has 1 N–H and O–H groups in total. The van der Waals surface area contributed by atoms with Gasteiger partial charge in [0.1, 0.15) is 5.56 Å². The number of hydrogen-bond donors (Lipinski definition) is 1. The van der Waals surface area contributed by atoms with Crippen LogP contribution >= 0.6 is 11.6 Å². The number of rotatable bonds is 4. The number of methoxy groups -OCH3 is 1. The number of esters is 1. The second-order valence-electron chi connectivity index (χ2n) is 5.41. The van der Waals surface area contributed by atoms with Crippen LogP contribution in [0.15, 0.2) is 43.0 Å². The van der Waals surface area contributed by atoms with Gasteiger partial charge >= 0.3 is 5.97 Å². The maximum absolute atomic E-state index is 13.6. The Hall–Kier alpha value is -3.46. The summed E-state index contributed by atoms with van der Waals surface area (Å²) in [7, 11) is 1.25. The van der Waals surface area contributed by atoms with E-state index in [2.05, 4.69) is 25.0 Å². The van der Waals surface area contributed by atoms with Gasteiger partial charge in [0.15, 0.2) is 17.5 Å². The summed E-state index contributed by atoms with van der Waals surface area (Å²) in [6.07, 6.45) is 3.93. The van der Waals surface area contributed by atoms with Crippen LogP contribution in [0.25, 0.3) is 11.3 Å². The van der Waals surface area contributed by atoms with Crippen molar-refractivity contribution in [3.05, 3.63) is 70.8 Å². The zero-order valence-electron chi connectivity index (χ0n) is 14.2. The number of nitrogens with one attached hydrogen (secondary N) is 1. The van der Waals surface area contributed by atoms with E-state index in [1.807, 2.05) is 0 Å². The summed E-state index contributed by atoms with van der Waals surface area (Å²) in [6.45, 7) is 0. The van der Waals surface area contributed by atoms with Gasteiger partial charge in [-0.25, -0.2) is 18.6 Å². The number of halogens is 3. The Morgan fingerprint density at radius 3 is 2.39 bits per heavy atom. The van der Waals surface area contributed by atoms with E-state index in [1.165, 1.54) is 37.7 Å². The molecule has 3 rings (SSSR count). The molecule has 0 bridgehead atoms. The van der Waals surface area contributed by atoms with Gasteiger partial charge in [-0.05, 0) is 18.2 Å². The summed E-state index contributed by atoms with van der Waals surface area (Å²) >= 11 is 6.14. The zero-order chi connectivity index (χ0) is 20.3. The standard InChI is InChI=1S/C18H11ClF2N4O3/c1-28-18(27)9-2-3-11(19)10(4-9)14-7-24-15(8-23-14)25-17(26)16-12(20)5-22-6-13(16)21/h2-8H,1H3,(H,24,25,26). The molecule has 2 heterocycles. The highest BCUT2D eigenvalue weighted by molar-refractivity contribution is 6.33. The molecule has 0 spiro atoms. The largest absolute Gasteiger partial charge is 0.465 e. The Labute approximate surface area is 162 Å². The second-order valence-corrected chi connectivity index (χ2v) is 5.81. The number of ether oxygens (including phenoxy) is 1. The van der Waals surface area contributed by atoms with Gasteiger partial charge in [-0.2, -0.15) is 0 Å². The van der Waals surface area contributed by atoms with Crippen LogP contribution < -0.4 is 5.32 Å². The van der Waals surface area contributed by atoms with Crippen LogP contribution in [-0.4, -0.2) is 33.9 Å². The lowest BCUT2D eigenvalue weighted by atomic mass is 10.1. The van der Waals surface area contributed by atoms with Crippen LogP contribution in [0.2, 0.25) is 5.02 Å². The third-order valence-electron chi connectivity index (χ3n) is 3.64. The average Bonchev–Trinajstić information content (AvgIpc) is 2.68. The number of aromatic nitrogens is 3. The molecule has 0 unspecified atom stereocenters. The molecule has 1 amide bonds. The predicted octanol–water partition coefficient (Wildman–Crippen LogP) is 3.51. The Balaban J connectivity index is 1.85. The van der Waals surface area contributed by atoms with Gasteiger partial charge in [-0.1, -0.05) is 11.6 Å². The zero-order valence-corrected chi connectivity index (χ0v) is 15.0. The van der Waals surface area contributed by atoms with Crippen molar-refractivity contribution < 1.29 is 23.1 Å². The van der Waals surface area contributed by atoms with Crippen LogP contribution in [0.3, 0.4) is 0 Å². The first kappa shape index (κ1) is 19.3. The number of carbonyl (C=O) groups is 2. The maximum atomic E-state index is 13.6. The van der Waals surface area contributed by atoms with Crippen molar-refractivity contribution in [1.29, 1.82) is 0 Å². The number of nitrogens with zero attached hydrogens (tertiary/aromatic N) is 3.